The zero-order chi connectivity index (χ0) is 32.4. The molecule has 4 rings (SSSR count). The van der Waals surface area contributed by atoms with Crippen LogP contribution in [0.3, 0.4) is 0 Å². The third-order valence-electron chi connectivity index (χ3n) is 7.71. The van der Waals surface area contributed by atoms with E-state index in [1.54, 1.807) is 14.2 Å². The minimum absolute atomic E-state index is 0.111. The van der Waals surface area contributed by atoms with E-state index in [-0.39, 0.29) is 38.1 Å². The van der Waals surface area contributed by atoms with Crippen LogP contribution in [-0.4, -0.2) is 67.8 Å². The molecule has 0 radical (unpaired) electrons. The normalized spacial score (nSPS) is 19.2. The average Bonchev–Trinajstić information content (AvgIpc) is 3.40. The van der Waals surface area contributed by atoms with Crippen LogP contribution in [0.4, 0.5) is 0 Å². The van der Waals surface area contributed by atoms with Gasteiger partial charge in [0.25, 0.3) is 8.53 Å². The van der Waals surface area contributed by atoms with Crippen molar-refractivity contribution in [2.45, 2.75) is 76.7 Å². The van der Waals surface area contributed by atoms with Crippen molar-refractivity contribution < 1.29 is 33.1 Å². The van der Waals surface area contributed by atoms with E-state index in [2.05, 4.69) is 38.4 Å². The molecule has 1 aliphatic rings. The van der Waals surface area contributed by atoms with Gasteiger partial charge in [0.2, 0.25) is 0 Å². The fourth-order valence-electron chi connectivity index (χ4n) is 5.64. The summed E-state index contributed by atoms with van der Waals surface area (Å²) in [4.78, 5) is 0. The molecule has 0 bridgehead atoms. The molecular formula is C35H45N2O7P. The van der Waals surface area contributed by atoms with Crippen LogP contribution < -0.4 is 9.47 Å². The summed E-state index contributed by atoms with van der Waals surface area (Å²) in [5.74, 6) is 1.46. The Bertz CT molecular complexity index is 1290. The number of nitrogens with zero attached hydrogens (tertiary/aromatic N) is 2. The maximum Gasteiger partial charge on any atom is 0.259 e. The lowest BCUT2D eigenvalue weighted by Crippen LogP contribution is -2.39. The van der Waals surface area contributed by atoms with Gasteiger partial charge in [-0.15, -0.1) is 0 Å². The maximum absolute atomic E-state index is 10.7. The molecular weight excluding hydrogens is 591 g/mol. The summed E-state index contributed by atoms with van der Waals surface area (Å²) in [6, 6.07) is 28.1. The zero-order valence-corrected chi connectivity index (χ0v) is 27.9. The highest BCUT2D eigenvalue weighted by Crippen LogP contribution is 2.49. The number of aliphatic hydroxyl groups excluding tert-OH is 1. The molecule has 3 aromatic rings. The van der Waals surface area contributed by atoms with E-state index in [1.807, 2.05) is 78.9 Å². The third-order valence-corrected chi connectivity index (χ3v) is 9.86. The van der Waals surface area contributed by atoms with Gasteiger partial charge in [-0.2, -0.15) is 5.26 Å². The molecule has 1 heterocycles. The molecule has 0 spiro atoms. The summed E-state index contributed by atoms with van der Waals surface area (Å²) in [5.41, 5.74) is 1.66. The van der Waals surface area contributed by atoms with Crippen molar-refractivity contribution in [2.75, 3.05) is 27.4 Å². The Hall–Kier alpha value is -3.06. The van der Waals surface area contributed by atoms with Gasteiger partial charge >= 0.3 is 0 Å². The smallest absolute Gasteiger partial charge is 0.259 e. The minimum Gasteiger partial charge on any atom is -0.497 e. The van der Waals surface area contributed by atoms with E-state index in [9.17, 15) is 5.11 Å². The number of aliphatic hydroxyl groups is 1. The van der Waals surface area contributed by atoms with Gasteiger partial charge in [-0.05, 0) is 68.7 Å². The first-order chi connectivity index (χ1) is 21.7. The van der Waals surface area contributed by atoms with Crippen LogP contribution in [0, 0.1) is 11.3 Å². The van der Waals surface area contributed by atoms with Gasteiger partial charge in [0.1, 0.15) is 23.2 Å². The number of rotatable bonds is 16. The number of nitriles is 1. The molecule has 10 heteroatoms. The van der Waals surface area contributed by atoms with Crippen LogP contribution in [0.25, 0.3) is 0 Å². The van der Waals surface area contributed by atoms with Crippen molar-refractivity contribution in [2.24, 2.45) is 0 Å². The molecule has 4 atom stereocenters. The second kappa shape index (κ2) is 16.5. The Balaban J connectivity index is 1.72. The SMILES string of the molecule is COc1ccc(C(OC[C@H]2O[C@@H](O)CC2OP(OCCC#N)N(C(C)C)C(C)C)(c2ccccc2)c2ccc(OC)cc2)cc1. The lowest BCUT2D eigenvalue weighted by Gasteiger charge is -2.39. The van der Waals surface area contributed by atoms with Crippen LogP contribution in [-0.2, 0) is 24.1 Å². The summed E-state index contributed by atoms with van der Waals surface area (Å²) in [5, 5.41) is 19.8. The standard InChI is InChI=1S/C35H45N2O7P/c1-25(2)37(26(3)4)45(42-22-10-21-36)44-32-23-34(38)43-33(32)24-41-35(27-11-8-7-9-12-27,28-13-17-30(39-5)18-14-28)29-15-19-31(40-6)20-16-29/h7-9,11-20,25-26,32-34,38H,10,22-24H2,1-6H3/t32?,33-,34-,45?/m1/s1. The average molecular weight is 637 g/mol. The topological polar surface area (TPSA) is 103 Å². The van der Waals surface area contributed by atoms with Gasteiger partial charge in [0.05, 0.1) is 46.0 Å². The molecule has 1 aliphatic heterocycles. The van der Waals surface area contributed by atoms with E-state index in [1.165, 1.54) is 0 Å². The molecule has 1 N–H and O–H groups in total. The van der Waals surface area contributed by atoms with Crippen molar-refractivity contribution in [3.05, 3.63) is 95.6 Å². The lowest BCUT2D eigenvalue weighted by molar-refractivity contribution is -0.129. The molecule has 0 saturated carbocycles. The number of hydrogen-bond donors (Lipinski definition) is 1. The fraction of sp³-hybridized carbons (Fsp3) is 0.457. The van der Waals surface area contributed by atoms with E-state index < -0.39 is 32.6 Å². The predicted molar refractivity (Wildman–Crippen MR) is 174 cm³/mol. The second-order valence-corrected chi connectivity index (χ2v) is 12.8. The highest BCUT2D eigenvalue weighted by molar-refractivity contribution is 7.44. The molecule has 0 amide bonds. The number of hydrogen-bond acceptors (Lipinski definition) is 9. The molecule has 242 valence electrons. The van der Waals surface area contributed by atoms with Crippen LogP contribution in [0.2, 0.25) is 0 Å². The first-order valence-corrected chi connectivity index (χ1v) is 16.4. The Morgan fingerprint density at radius 3 is 1.91 bits per heavy atom. The Morgan fingerprint density at radius 2 is 1.42 bits per heavy atom. The summed E-state index contributed by atoms with van der Waals surface area (Å²) in [6.07, 6.45) is -1.59. The molecule has 45 heavy (non-hydrogen) atoms. The number of benzene rings is 3. The highest BCUT2D eigenvalue weighted by atomic mass is 31.2. The van der Waals surface area contributed by atoms with Gasteiger partial charge in [-0.1, -0.05) is 54.6 Å². The number of ether oxygens (including phenoxy) is 4. The minimum atomic E-state index is -1.55. The van der Waals surface area contributed by atoms with Gasteiger partial charge in [0, 0.05) is 18.5 Å². The van der Waals surface area contributed by atoms with Crippen molar-refractivity contribution in [3.63, 3.8) is 0 Å². The van der Waals surface area contributed by atoms with Gasteiger partial charge < -0.3 is 33.1 Å². The quantitative estimate of drug-likeness (QED) is 0.104. The van der Waals surface area contributed by atoms with Crippen molar-refractivity contribution in [3.8, 4) is 17.6 Å². The lowest BCUT2D eigenvalue weighted by atomic mass is 9.80. The molecule has 0 aliphatic carbocycles. The van der Waals surface area contributed by atoms with Gasteiger partial charge in [0.15, 0.2) is 6.29 Å². The second-order valence-electron chi connectivity index (χ2n) is 11.4. The Kier molecular flexibility index (Phi) is 12.8. The molecule has 1 fully saturated rings. The molecule has 9 nitrogen and oxygen atoms in total. The summed E-state index contributed by atoms with van der Waals surface area (Å²) < 4.78 is 38.9. The first kappa shape index (κ1) is 34.8. The fourth-order valence-corrected chi connectivity index (χ4v) is 7.40. The monoisotopic (exact) mass is 636 g/mol. The molecule has 3 aromatic carbocycles. The summed E-state index contributed by atoms with van der Waals surface area (Å²) >= 11 is 0. The third kappa shape index (κ3) is 8.41. The van der Waals surface area contributed by atoms with Crippen molar-refractivity contribution in [1.82, 2.24) is 4.67 Å². The van der Waals surface area contributed by atoms with Crippen LogP contribution >= 0.6 is 8.53 Å². The van der Waals surface area contributed by atoms with E-state index in [0.29, 0.717) is 0 Å². The number of methoxy groups -OCH3 is 2. The van der Waals surface area contributed by atoms with E-state index in [4.69, 9.17) is 33.3 Å². The summed E-state index contributed by atoms with van der Waals surface area (Å²) in [6.45, 7) is 8.71. The predicted octanol–water partition coefficient (Wildman–Crippen LogP) is 6.78. The highest BCUT2D eigenvalue weighted by Gasteiger charge is 2.44. The molecule has 0 aromatic heterocycles. The molecule has 1 saturated heterocycles. The first-order valence-electron chi connectivity index (χ1n) is 15.3. The summed E-state index contributed by atoms with van der Waals surface area (Å²) in [7, 11) is 1.73. The van der Waals surface area contributed by atoms with E-state index >= 15 is 0 Å². The molecule has 2 unspecified atom stereocenters. The van der Waals surface area contributed by atoms with Gasteiger partial charge in [-0.25, -0.2) is 4.67 Å². The Morgan fingerprint density at radius 1 is 0.889 bits per heavy atom. The van der Waals surface area contributed by atoms with Gasteiger partial charge in [-0.3, -0.25) is 0 Å². The van der Waals surface area contributed by atoms with Crippen LogP contribution in [0.15, 0.2) is 78.9 Å². The largest absolute Gasteiger partial charge is 0.497 e. The van der Waals surface area contributed by atoms with Crippen LogP contribution in [0.1, 0.15) is 57.2 Å². The van der Waals surface area contributed by atoms with Crippen molar-refractivity contribution >= 4 is 8.53 Å². The van der Waals surface area contributed by atoms with E-state index in [0.717, 1.165) is 28.2 Å². The Labute approximate surface area is 268 Å². The van der Waals surface area contributed by atoms with Crippen LogP contribution in [0.5, 0.6) is 11.5 Å². The maximum atomic E-state index is 10.7. The zero-order valence-electron chi connectivity index (χ0n) is 27.0. The van der Waals surface area contributed by atoms with Crippen molar-refractivity contribution in [1.29, 1.82) is 5.26 Å².